The number of hydrogen-bond donors (Lipinski definition) is 1. The van der Waals surface area contributed by atoms with E-state index in [1.54, 1.807) is 0 Å². The van der Waals surface area contributed by atoms with Crippen molar-refractivity contribution in [2.24, 2.45) is 5.73 Å². The zero-order chi connectivity index (χ0) is 13.7. The summed E-state index contributed by atoms with van der Waals surface area (Å²) in [5.41, 5.74) is 7.41. The fraction of sp³-hybridized carbons (Fsp3) is 0.500. The van der Waals surface area contributed by atoms with E-state index in [0.29, 0.717) is 18.5 Å². The zero-order valence-corrected chi connectivity index (χ0v) is 11.6. The number of rotatable bonds is 6. The molecule has 1 heterocycles. The third kappa shape index (κ3) is 2.98. The van der Waals surface area contributed by atoms with Gasteiger partial charge in [-0.1, -0.05) is 26.0 Å². The average Bonchev–Trinajstić information content (AvgIpc) is 2.47. The van der Waals surface area contributed by atoms with Gasteiger partial charge in [-0.25, -0.2) is 4.98 Å². The number of fused-ring (bicyclic) bond motifs is 1. The number of nitrogens with zero attached hydrogens (tertiary/aromatic N) is 4. The summed E-state index contributed by atoms with van der Waals surface area (Å²) in [6.45, 7) is 5.69. The lowest BCUT2D eigenvalue weighted by Gasteiger charge is -2.29. The number of hydrogen-bond acceptors (Lipinski definition) is 5. The van der Waals surface area contributed by atoms with Crippen LogP contribution in [0.2, 0.25) is 0 Å². The molecule has 1 aromatic heterocycles. The normalized spacial score (nSPS) is 11.2. The van der Waals surface area contributed by atoms with Gasteiger partial charge in [-0.2, -0.15) is 0 Å². The first-order chi connectivity index (χ1) is 9.30. The lowest BCUT2D eigenvalue weighted by molar-refractivity contribution is 0.546. The molecule has 0 spiro atoms. The van der Waals surface area contributed by atoms with E-state index in [-0.39, 0.29) is 0 Å². The second kappa shape index (κ2) is 6.43. The average molecular weight is 259 g/mol. The van der Waals surface area contributed by atoms with Gasteiger partial charge in [-0.15, -0.1) is 10.2 Å². The first kappa shape index (κ1) is 13.7. The van der Waals surface area contributed by atoms with E-state index in [9.17, 15) is 0 Å². The minimum atomic E-state index is 0.409. The van der Waals surface area contributed by atoms with Gasteiger partial charge in [0.2, 0.25) is 5.95 Å². The van der Waals surface area contributed by atoms with Crippen LogP contribution in [-0.2, 0) is 0 Å². The van der Waals surface area contributed by atoms with Crippen LogP contribution in [0.5, 0.6) is 0 Å². The molecular formula is C14H21N5. The highest BCUT2D eigenvalue weighted by Gasteiger charge is 2.18. The van der Waals surface area contributed by atoms with Crippen molar-refractivity contribution < 1.29 is 0 Å². The van der Waals surface area contributed by atoms with Crippen LogP contribution in [0.1, 0.15) is 26.7 Å². The Labute approximate surface area is 113 Å². The Bertz CT molecular complexity index is 524. The Hall–Kier alpha value is -1.75. The van der Waals surface area contributed by atoms with Crippen LogP contribution >= 0.6 is 0 Å². The number of aromatic nitrogens is 3. The summed E-state index contributed by atoms with van der Waals surface area (Å²) in [6.07, 6.45) is 2.10. The summed E-state index contributed by atoms with van der Waals surface area (Å²) in [4.78, 5) is 6.77. The molecule has 2 rings (SSSR count). The van der Waals surface area contributed by atoms with Crippen LogP contribution < -0.4 is 10.6 Å². The van der Waals surface area contributed by atoms with E-state index in [2.05, 4.69) is 33.9 Å². The molecule has 19 heavy (non-hydrogen) atoms. The molecule has 0 aliphatic heterocycles. The van der Waals surface area contributed by atoms with Gasteiger partial charge in [0, 0.05) is 19.1 Å². The van der Waals surface area contributed by atoms with Crippen LogP contribution in [0.3, 0.4) is 0 Å². The summed E-state index contributed by atoms with van der Waals surface area (Å²) < 4.78 is 0. The van der Waals surface area contributed by atoms with Crippen LogP contribution in [0, 0.1) is 0 Å². The number of benzene rings is 1. The number of nitrogens with two attached hydrogens (primary N) is 1. The van der Waals surface area contributed by atoms with Crippen molar-refractivity contribution >= 4 is 17.0 Å². The molecule has 0 saturated carbocycles. The van der Waals surface area contributed by atoms with Crippen molar-refractivity contribution in [3.05, 3.63) is 24.3 Å². The molecule has 0 bridgehead atoms. The lowest BCUT2D eigenvalue weighted by atomic mass is 10.1. The predicted molar refractivity (Wildman–Crippen MR) is 78.1 cm³/mol. The second-order valence-corrected chi connectivity index (χ2v) is 4.55. The Balaban J connectivity index is 2.37. The van der Waals surface area contributed by atoms with Crippen LogP contribution in [-0.4, -0.2) is 34.3 Å². The minimum absolute atomic E-state index is 0.409. The van der Waals surface area contributed by atoms with Crippen molar-refractivity contribution in [1.29, 1.82) is 0 Å². The highest BCUT2D eigenvalue weighted by Crippen LogP contribution is 2.17. The van der Waals surface area contributed by atoms with Gasteiger partial charge in [0.1, 0.15) is 5.52 Å². The van der Waals surface area contributed by atoms with Gasteiger partial charge in [-0.05, 0) is 25.0 Å². The maximum absolute atomic E-state index is 5.71. The standard InChI is InChI=1S/C14H21N5/c1-3-11(4-2)19(10-9-15)14-16-12-7-5-6-8-13(12)17-18-14/h5-8,11H,3-4,9-10,15H2,1-2H3. The molecule has 0 aliphatic rings. The molecule has 2 aromatic rings. The first-order valence-corrected chi connectivity index (χ1v) is 6.86. The largest absolute Gasteiger partial charge is 0.335 e. The van der Waals surface area contributed by atoms with E-state index < -0.39 is 0 Å². The molecule has 0 saturated heterocycles. The molecule has 0 atom stereocenters. The summed E-state index contributed by atoms with van der Waals surface area (Å²) in [6, 6.07) is 8.19. The van der Waals surface area contributed by atoms with Crippen LogP contribution in [0.4, 0.5) is 5.95 Å². The number of para-hydroxylation sites is 1. The summed E-state index contributed by atoms with van der Waals surface area (Å²) in [5.74, 6) is 0.679. The molecule has 5 heteroatoms. The van der Waals surface area contributed by atoms with Crippen molar-refractivity contribution in [2.45, 2.75) is 32.7 Å². The fourth-order valence-corrected chi connectivity index (χ4v) is 2.31. The summed E-state index contributed by atoms with van der Waals surface area (Å²) in [5, 5.41) is 8.49. The quantitative estimate of drug-likeness (QED) is 0.859. The van der Waals surface area contributed by atoms with Gasteiger partial charge >= 0.3 is 0 Å². The Kier molecular flexibility index (Phi) is 4.63. The molecule has 0 fully saturated rings. The maximum Gasteiger partial charge on any atom is 0.246 e. The van der Waals surface area contributed by atoms with Gasteiger partial charge in [-0.3, -0.25) is 0 Å². The molecule has 2 N–H and O–H groups in total. The topological polar surface area (TPSA) is 67.9 Å². The Morgan fingerprint density at radius 1 is 1.11 bits per heavy atom. The van der Waals surface area contributed by atoms with E-state index in [1.165, 1.54) is 0 Å². The summed E-state index contributed by atoms with van der Waals surface area (Å²) in [7, 11) is 0. The predicted octanol–water partition coefficient (Wildman–Crippen LogP) is 1.98. The van der Waals surface area contributed by atoms with Crippen molar-refractivity contribution in [3.63, 3.8) is 0 Å². The minimum Gasteiger partial charge on any atom is -0.335 e. The lowest BCUT2D eigenvalue weighted by Crippen LogP contribution is -2.39. The third-order valence-electron chi connectivity index (χ3n) is 3.36. The fourth-order valence-electron chi connectivity index (χ4n) is 2.31. The van der Waals surface area contributed by atoms with Crippen LogP contribution in [0.15, 0.2) is 24.3 Å². The maximum atomic E-state index is 5.71. The van der Waals surface area contributed by atoms with Crippen LogP contribution in [0.25, 0.3) is 11.0 Å². The molecular weight excluding hydrogens is 238 g/mol. The summed E-state index contributed by atoms with van der Waals surface area (Å²) >= 11 is 0. The molecule has 0 aliphatic carbocycles. The molecule has 0 unspecified atom stereocenters. The van der Waals surface area contributed by atoms with E-state index in [0.717, 1.165) is 30.4 Å². The SMILES string of the molecule is CCC(CC)N(CCN)c1nnc2ccccc2n1. The smallest absolute Gasteiger partial charge is 0.246 e. The zero-order valence-electron chi connectivity index (χ0n) is 11.6. The van der Waals surface area contributed by atoms with Gasteiger partial charge in [0.25, 0.3) is 0 Å². The highest BCUT2D eigenvalue weighted by atomic mass is 15.3. The Morgan fingerprint density at radius 3 is 2.42 bits per heavy atom. The monoisotopic (exact) mass is 259 g/mol. The second-order valence-electron chi connectivity index (χ2n) is 4.55. The highest BCUT2D eigenvalue weighted by molar-refractivity contribution is 5.74. The Morgan fingerprint density at radius 2 is 1.79 bits per heavy atom. The van der Waals surface area contributed by atoms with Crippen molar-refractivity contribution in [2.75, 3.05) is 18.0 Å². The van der Waals surface area contributed by atoms with Gasteiger partial charge in [0.05, 0.1) is 5.52 Å². The van der Waals surface area contributed by atoms with Gasteiger partial charge in [0.15, 0.2) is 0 Å². The van der Waals surface area contributed by atoms with Gasteiger partial charge < -0.3 is 10.6 Å². The molecule has 0 amide bonds. The number of anilines is 1. The van der Waals surface area contributed by atoms with Crippen molar-refractivity contribution in [1.82, 2.24) is 15.2 Å². The molecule has 0 radical (unpaired) electrons. The first-order valence-electron chi connectivity index (χ1n) is 6.86. The third-order valence-corrected chi connectivity index (χ3v) is 3.36. The van der Waals surface area contributed by atoms with E-state index in [4.69, 9.17) is 5.73 Å². The van der Waals surface area contributed by atoms with Crippen molar-refractivity contribution in [3.8, 4) is 0 Å². The molecule has 102 valence electrons. The van der Waals surface area contributed by atoms with E-state index in [1.807, 2.05) is 24.3 Å². The molecule has 1 aromatic carbocycles. The van der Waals surface area contributed by atoms with E-state index >= 15 is 0 Å². The molecule has 5 nitrogen and oxygen atoms in total.